The Bertz CT molecular complexity index is 1660. The first-order chi connectivity index (χ1) is 19.0. The lowest BCUT2D eigenvalue weighted by atomic mass is 9.85. The van der Waals surface area contributed by atoms with E-state index in [1.54, 1.807) is 18.2 Å². The third-order valence-electron chi connectivity index (χ3n) is 10.1. The third kappa shape index (κ3) is 2.66. The van der Waals surface area contributed by atoms with Gasteiger partial charge in [0.15, 0.2) is 0 Å². The van der Waals surface area contributed by atoms with Crippen LogP contribution in [0.3, 0.4) is 0 Å². The van der Waals surface area contributed by atoms with Crippen LogP contribution >= 0.6 is 0 Å². The van der Waals surface area contributed by atoms with Gasteiger partial charge in [-0.1, -0.05) is 24.3 Å². The molecule has 1 N–H and O–H groups in total. The van der Waals surface area contributed by atoms with Crippen LogP contribution in [0.1, 0.15) is 12.8 Å². The number of imidazole rings is 1. The van der Waals surface area contributed by atoms with Crippen molar-refractivity contribution in [2.24, 2.45) is 47.3 Å². The SMILES string of the molecule is O=C1[C@@H]2[C@H](C(=O)N1c1ccc(-c3nc4ccc(N5C(=O)[C@@H]6[C@H](C5=O)[C@H]5C=C[C@H]6C5)cc4[nH]3)cc1)[C@H]1C=C[C@H]2C1. The number of benzene rings is 2. The Labute approximate surface area is 223 Å². The molecule has 4 bridgehead atoms. The van der Waals surface area contributed by atoms with Crippen molar-refractivity contribution in [1.82, 2.24) is 9.97 Å². The molecule has 192 valence electrons. The number of carbonyl (C=O) groups is 4. The number of hydrogen-bond donors (Lipinski definition) is 1. The average molecular weight is 517 g/mol. The smallest absolute Gasteiger partial charge is 0.238 e. The van der Waals surface area contributed by atoms with E-state index in [0.29, 0.717) is 17.2 Å². The molecule has 0 unspecified atom stereocenters. The lowest BCUT2D eigenvalue weighted by Crippen LogP contribution is -2.32. The second-order valence-electron chi connectivity index (χ2n) is 11.9. The minimum absolute atomic E-state index is 0.0928. The van der Waals surface area contributed by atoms with E-state index in [9.17, 15) is 19.2 Å². The van der Waals surface area contributed by atoms with Gasteiger partial charge in [0.1, 0.15) is 5.82 Å². The van der Waals surface area contributed by atoms with Gasteiger partial charge in [-0.2, -0.15) is 0 Å². The maximum atomic E-state index is 13.2. The van der Waals surface area contributed by atoms with E-state index in [1.807, 2.05) is 24.3 Å². The number of aromatic amines is 1. The summed E-state index contributed by atoms with van der Waals surface area (Å²) in [6.45, 7) is 0. The van der Waals surface area contributed by atoms with Crippen LogP contribution in [-0.4, -0.2) is 33.6 Å². The summed E-state index contributed by atoms with van der Waals surface area (Å²) in [6.07, 6.45) is 10.2. The first-order valence-electron chi connectivity index (χ1n) is 13.7. The van der Waals surface area contributed by atoms with Crippen molar-refractivity contribution < 1.29 is 19.2 Å². The van der Waals surface area contributed by atoms with E-state index in [1.165, 1.54) is 9.80 Å². The molecule has 6 aliphatic rings. The van der Waals surface area contributed by atoms with Crippen LogP contribution in [0, 0.1) is 47.3 Å². The van der Waals surface area contributed by atoms with Crippen molar-refractivity contribution in [3.8, 4) is 11.4 Å². The molecule has 2 aliphatic heterocycles. The van der Waals surface area contributed by atoms with Crippen molar-refractivity contribution in [1.29, 1.82) is 0 Å². The van der Waals surface area contributed by atoms with Crippen molar-refractivity contribution in [2.45, 2.75) is 12.8 Å². The van der Waals surface area contributed by atoms with Crippen molar-refractivity contribution >= 4 is 46.0 Å². The molecule has 39 heavy (non-hydrogen) atoms. The zero-order valence-electron chi connectivity index (χ0n) is 20.9. The highest BCUT2D eigenvalue weighted by Gasteiger charge is 2.60. The molecule has 9 rings (SSSR count). The fourth-order valence-electron chi connectivity index (χ4n) is 8.36. The second kappa shape index (κ2) is 7.20. The van der Waals surface area contributed by atoms with Gasteiger partial charge in [-0.25, -0.2) is 9.88 Å². The Hall–Kier alpha value is -4.33. The van der Waals surface area contributed by atoms with Gasteiger partial charge in [-0.15, -0.1) is 0 Å². The highest BCUT2D eigenvalue weighted by Crippen LogP contribution is 2.54. The molecule has 2 aromatic carbocycles. The Morgan fingerprint density at radius 1 is 0.615 bits per heavy atom. The number of allylic oxidation sites excluding steroid dienone is 4. The van der Waals surface area contributed by atoms with Crippen LogP contribution in [0.15, 0.2) is 66.8 Å². The predicted octanol–water partition coefficient (Wildman–Crippen LogP) is 3.85. The lowest BCUT2D eigenvalue weighted by molar-refractivity contribution is -0.124. The molecule has 8 atom stereocenters. The van der Waals surface area contributed by atoms with E-state index >= 15 is 0 Å². The monoisotopic (exact) mass is 516 g/mol. The number of imide groups is 2. The summed E-state index contributed by atoms with van der Waals surface area (Å²) in [4.78, 5) is 63.5. The molecule has 8 nitrogen and oxygen atoms in total. The molecule has 4 amide bonds. The van der Waals surface area contributed by atoms with Gasteiger partial charge in [0.2, 0.25) is 23.6 Å². The zero-order chi connectivity index (χ0) is 26.2. The molecular formula is C31H24N4O4. The summed E-state index contributed by atoms with van der Waals surface area (Å²) in [5, 5.41) is 0. The summed E-state index contributed by atoms with van der Waals surface area (Å²) >= 11 is 0. The summed E-state index contributed by atoms with van der Waals surface area (Å²) in [5.41, 5.74) is 3.41. The largest absolute Gasteiger partial charge is 0.338 e. The Balaban J connectivity index is 0.997. The van der Waals surface area contributed by atoms with Crippen LogP contribution in [0.25, 0.3) is 22.4 Å². The van der Waals surface area contributed by atoms with E-state index in [4.69, 9.17) is 4.98 Å². The normalized spacial score (nSPS) is 35.4. The summed E-state index contributed by atoms with van der Waals surface area (Å²) in [7, 11) is 0. The first-order valence-corrected chi connectivity index (χ1v) is 13.7. The number of rotatable bonds is 3. The molecule has 3 heterocycles. The topological polar surface area (TPSA) is 103 Å². The number of fused-ring (bicyclic) bond motifs is 11. The van der Waals surface area contributed by atoms with Crippen LogP contribution in [-0.2, 0) is 19.2 Å². The molecule has 3 aromatic rings. The molecule has 4 fully saturated rings. The maximum absolute atomic E-state index is 13.2. The van der Waals surface area contributed by atoms with Gasteiger partial charge in [0, 0.05) is 5.56 Å². The van der Waals surface area contributed by atoms with Gasteiger partial charge in [0.05, 0.1) is 46.1 Å². The molecular weight excluding hydrogens is 492 g/mol. The van der Waals surface area contributed by atoms with Gasteiger partial charge in [0.25, 0.3) is 0 Å². The van der Waals surface area contributed by atoms with E-state index in [-0.39, 0.29) is 71.0 Å². The first kappa shape index (κ1) is 21.6. The quantitative estimate of drug-likeness (QED) is 0.421. The van der Waals surface area contributed by atoms with Crippen molar-refractivity contribution in [3.05, 3.63) is 66.8 Å². The van der Waals surface area contributed by atoms with Gasteiger partial charge >= 0.3 is 0 Å². The minimum atomic E-state index is -0.237. The van der Waals surface area contributed by atoms with E-state index in [2.05, 4.69) is 29.3 Å². The fraction of sp³-hybridized carbons (Fsp3) is 0.323. The number of amides is 4. The Morgan fingerprint density at radius 2 is 1.08 bits per heavy atom. The molecule has 8 heteroatoms. The molecule has 2 saturated carbocycles. The number of anilines is 2. The molecule has 0 spiro atoms. The number of hydrogen-bond acceptors (Lipinski definition) is 5. The van der Waals surface area contributed by atoms with Gasteiger partial charge in [-0.3, -0.25) is 24.1 Å². The lowest BCUT2D eigenvalue weighted by Gasteiger charge is -2.17. The number of carbonyl (C=O) groups excluding carboxylic acids is 4. The molecule has 0 radical (unpaired) electrons. The number of nitrogens with zero attached hydrogens (tertiary/aromatic N) is 3. The van der Waals surface area contributed by atoms with Crippen LogP contribution < -0.4 is 9.80 Å². The zero-order valence-corrected chi connectivity index (χ0v) is 20.9. The maximum Gasteiger partial charge on any atom is 0.238 e. The van der Waals surface area contributed by atoms with Crippen LogP contribution in [0.2, 0.25) is 0 Å². The number of nitrogens with one attached hydrogen (secondary N) is 1. The van der Waals surface area contributed by atoms with Gasteiger partial charge in [-0.05, 0) is 79.0 Å². The van der Waals surface area contributed by atoms with Crippen LogP contribution in [0.5, 0.6) is 0 Å². The number of aromatic nitrogens is 2. The van der Waals surface area contributed by atoms with Gasteiger partial charge < -0.3 is 4.98 Å². The second-order valence-corrected chi connectivity index (χ2v) is 11.9. The van der Waals surface area contributed by atoms with Crippen molar-refractivity contribution in [3.63, 3.8) is 0 Å². The molecule has 4 aliphatic carbocycles. The van der Waals surface area contributed by atoms with E-state index in [0.717, 1.165) is 29.4 Å². The standard InChI is InChI=1S/C31H24N4O4/c36-28-23-15-1-2-16(11-15)24(23)29(37)34(28)19-7-5-14(6-8-19)27-32-21-10-9-20(13-22(21)33-27)35-30(38)25-17-3-4-18(12-17)26(25)31(35)39/h1-10,13,15-18,23-26H,11-12H2,(H,32,33)/t15-,16-,17-,18-,23-,24+,25-,26+/m0/s1. The Morgan fingerprint density at radius 3 is 1.59 bits per heavy atom. The fourth-order valence-corrected chi connectivity index (χ4v) is 8.36. The summed E-state index contributed by atoms with van der Waals surface area (Å²) in [6, 6.07) is 12.7. The van der Waals surface area contributed by atoms with Crippen LogP contribution in [0.4, 0.5) is 11.4 Å². The molecule has 1 aromatic heterocycles. The van der Waals surface area contributed by atoms with E-state index < -0.39 is 0 Å². The number of H-pyrrole nitrogens is 1. The average Bonchev–Trinajstić information content (AvgIpc) is 3.79. The Kier molecular flexibility index (Phi) is 3.98. The summed E-state index contributed by atoms with van der Waals surface area (Å²) < 4.78 is 0. The minimum Gasteiger partial charge on any atom is -0.338 e. The third-order valence-corrected chi connectivity index (χ3v) is 10.1. The summed E-state index contributed by atoms with van der Waals surface area (Å²) in [5.74, 6) is 0.0185. The predicted molar refractivity (Wildman–Crippen MR) is 142 cm³/mol. The highest BCUT2D eigenvalue weighted by atomic mass is 16.2. The molecule has 2 saturated heterocycles. The van der Waals surface area contributed by atoms with Crippen molar-refractivity contribution in [2.75, 3.05) is 9.80 Å². The highest BCUT2D eigenvalue weighted by molar-refractivity contribution is 6.24.